The molecule has 0 bridgehead atoms. The number of ether oxygens (including phenoxy) is 1. The fourth-order valence-electron chi connectivity index (χ4n) is 2.38. The fraction of sp³-hybridized carbons (Fsp3) is 0.526. The predicted octanol–water partition coefficient (Wildman–Crippen LogP) is 2.56. The van der Waals surface area contributed by atoms with Crippen LogP contribution >= 0.6 is 7.60 Å². The zero-order valence-corrected chi connectivity index (χ0v) is 20.1. The predicted molar refractivity (Wildman–Crippen MR) is 118 cm³/mol. The second-order valence-electron chi connectivity index (χ2n) is 7.58. The van der Waals surface area contributed by atoms with Crippen molar-refractivity contribution >= 4 is 25.3 Å². The number of hydrogen-bond acceptors (Lipinski definition) is 11. The highest BCUT2D eigenvalue weighted by atomic mass is 31.2. The number of carbonyl (C=O) groups is 2. The summed E-state index contributed by atoms with van der Waals surface area (Å²) in [6, 6.07) is 3.16. The van der Waals surface area contributed by atoms with E-state index < -0.39 is 25.2 Å². The summed E-state index contributed by atoms with van der Waals surface area (Å²) in [5.41, 5.74) is 0.113. The molecule has 2 aromatic rings. The van der Waals surface area contributed by atoms with E-state index in [1.165, 1.54) is 6.20 Å². The Balaban J connectivity index is 1.93. The molecule has 0 radical (unpaired) electrons. The zero-order chi connectivity index (χ0) is 24.5. The summed E-state index contributed by atoms with van der Waals surface area (Å²) < 4.78 is 28.0. The molecule has 2 rings (SSSR count). The third-order valence-corrected chi connectivity index (χ3v) is 5.55. The third-order valence-electron chi connectivity index (χ3n) is 3.58. The van der Waals surface area contributed by atoms with Crippen molar-refractivity contribution in [2.45, 2.75) is 46.4 Å². The Kier molecular flexibility index (Phi) is 9.32. The number of rotatable bonds is 10. The van der Waals surface area contributed by atoms with E-state index in [2.05, 4.69) is 36.0 Å². The van der Waals surface area contributed by atoms with Crippen LogP contribution in [0.5, 0.6) is 0 Å². The lowest BCUT2D eigenvalue weighted by atomic mass is 10.2. The van der Waals surface area contributed by atoms with E-state index >= 15 is 0 Å². The molecule has 0 aromatic carbocycles. The molecule has 14 heteroatoms. The molecule has 180 valence electrons. The fourth-order valence-corrected chi connectivity index (χ4v) is 3.90. The Morgan fingerprint density at radius 2 is 1.67 bits per heavy atom. The third kappa shape index (κ3) is 9.16. The minimum absolute atomic E-state index is 0.116. The van der Waals surface area contributed by atoms with Crippen LogP contribution < -0.4 is 10.6 Å². The topological polar surface area (TPSA) is 167 Å². The first-order chi connectivity index (χ1) is 15.5. The molecule has 0 fully saturated rings. The molecule has 0 aliphatic heterocycles. The second-order valence-corrected chi connectivity index (χ2v) is 9.63. The Bertz CT molecular complexity index is 970. The molecule has 2 amide bonds. The number of hydrogen-bond donors (Lipinski definition) is 2. The van der Waals surface area contributed by atoms with E-state index in [0.717, 1.165) is 0 Å². The molecule has 0 spiro atoms. The van der Waals surface area contributed by atoms with Gasteiger partial charge in [-0.25, -0.2) is 4.79 Å². The van der Waals surface area contributed by atoms with Crippen LogP contribution in [0.3, 0.4) is 0 Å². The van der Waals surface area contributed by atoms with Crippen molar-refractivity contribution in [2.24, 2.45) is 0 Å². The number of anilines is 1. The van der Waals surface area contributed by atoms with E-state index in [9.17, 15) is 14.2 Å². The molecule has 0 unspecified atom stereocenters. The van der Waals surface area contributed by atoms with Gasteiger partial charge in [-0.1, -0.05) is 0 Å². The molecule has 0 atom stereocenters. The molecule has 0 aliphatic rings. The maximum Gasteiger partial charge on any atom is 0.408 e. The van der Waals surface area contributed by atoms with Crippen LogP contribution in [0.4, 0.5) is 10.5 Å². The van der Waals surface area contributed by atoms with Crippen molar-refractivity contribution < 1.29 is 27.9 Å². The maximum atomic E-state index is 12.6. The summed E-state index contributed by atoms with van der Waals surface area (Å²) in [6.45, 7) is 8.78. The normalized spacial score (nSPS) is 11.7. The first-order valence-corrected chi connectivity index (χ1v) is 11.9. The van der Waals surface area contributed by atoms with Crippen molar-refractivity contribution in [1.82, 2.24) is 30.7 Å². The highest BCUT2D eigenvalue weighted by Crippen LogP contribution is 2.50. The minimum atomic E-state index is -3.37. The van der Waals surface area contributed by atoms with Gasteiger partial charge < -0.3 is 24.4 Å². The number of pyridine rings is 1. The van der Waals surface area contributed by atoms with Crippen molar-refractivity contribution in [1.29, 1.82) is 0 Å². The van der Waals surface area contributed by atoms with Gasteiger partial charge in [0.15, 0.2) is 5.82 Å². The van der Waals surface area contributed by atoms with Gasteiger partial charge in [0.05, 0.1) is 25.1 Å². The van der Waals surface area contributed by atoms with Gasteiger partial charge in [0.2, 0.25) is 11.7 Å². The van der Waals surface area contributed by atoms with Gasteiger partial charge >= 0.3 is 13.7 Å². The highest BCUT2D eigenvalue weighted by Gasteiger charge is 2.26. The lowest BCUT2D eigenvalue weighted by Crippen LogP contribution is -2.37. The van der Waals surface area contributed by atoms with Crippen LogP contribution in [-0.2, 0) is 29.3 Å². The highest BCUT2D eigenvalue weighted by molar-refractivity contribution is 7.53. The molecule has 2 aromatic heterocycles. The van der Waals surface area contributed by atoms with Crippen LogP contribution in [0.15, 0.2) is 18.3 Å². The smallest absolute Gasteiger partial charge is 0.408 e. The molecule has 0 saturated carbocycles. The number of nitrogens with zero attached hydrogens (tertiary/aromatic N) is 5. The van der Waals surface area contributed by atoms with E-state index in [4.69, 9.17) is 13.8 Å². The van der Waals surface area contributed by atoms with E-state index in [-0.39, 0.29) is 37.6 Å². The lowest BCUT2D eigenvalue weighted by Gasteiger charge is -2.19. The largest absolute Gasteiger partial charge is 0.444 e. The second kappa shape index (κ2) is 11.7. The van der Waals surface area contributed by atoms with E-state index in [0.29, 0.717) is 11.4 Å². The summed E-state index contributed by atoms with van der Waals surface area (Å²) in [7, 11) is -3.37. The number of amides is 2. The Morgan fingerprint density at radius 1 is 1.03 bits per heavy atom. The number of alkyl carbamates (subject to hydrolysis) is 1. The average Bonchev–Trinajstić information content (AvgIpc) is 2.72. The molecular weight excluding hydrogens is 453 g/mol. The molecule has 0 saturated heterocycles. The molecule has 0 aliphatic carbocycles. The number of carbonyl (C=O) groups excluding carboxylic acids is 2. The molecular formula is C19H28N7O6P. The minimum Gasteiger partial charge on any atom is -0.444 e. The van der Waals surface area contributed by atoms with Gasteiger partial charge in [0, 0.05) is 0 Å². The zero-order valence-electron chi connectivity index (χ0n) is 19.2. The molecule has 2 N–H and O–H groups in total. The average molecular weight is 481 g/mol. The monoisotopic (exact) mass is 481 g/mol. The van der Waals surface area contributed by atoms with E-state index in [1.807, 2.05) is 0 Å². The maximum absolute atomic E-state index is 12.6. The summed E-state index contributed by atoms with van der Waals surface area (Å²) >= 11 is 0. The summed E-state index contributed by atoms with van der Waals surface area (Å²) in [6.07, 6.45) is 0.562. The van der Waals surface area contributed by atoms with Crippen molar-refractivity contribution in [3.63, 3.8) is 0 Å². The van der Waals surface area contributed by atoms with Crippen LogP contribution in [0, 0.1) is 0 Å². The Morgan fingerprint density at radius 3 is 2.18 bits per heavy atom. The Hall–Kier alpha value is -3.02. The summed E-state index contributed by atoms with van der Waals surface area (Å²) in [4.78, 5) is 27.8. The standard InChI is InChI=1S/C19H28N7O6P/c1-6-30-33(29,31-7-2)12-15-23-25-17(26-24-15)14-9-8-13(10-20-14)22-16(27)11-21-18(28)32-19(3,4)5/h8-10H,6-7,11-12H2,1-5H3,(H,21,28)(H,22,27). The van der Waals surface area contributed by atoms with E-state index in [1.54, 1.807) is 46.8 Å². The first kappa shape index (κ1) is 26.2. The molecule has 13 nitrogen and oxygen atoms in total. The van der Waals surface area contributed by atoms with Crippen molar-refractivity contribution in [3.05, 3.63) is 24.2 Å². The van der Waals surface area contributed by atoms with Gasteiger partial charge in [-0.3, -0.25) is 14.3 Å². The van der Waals surface area contributed by atoms with Crippen molar-refractivity contribution in [2.75, 3.05) is 25.1 Å². The van der Waals surface area contributed by atoms with Gasteiger partial charge in [0.1, 0.15) is 24.0 Å². The van der Waals surface area contributed by atoms with Gasteiger partial charge in [-0.15, -0.1) is 20.4 Å². The van der Waals surface area contributed by atoms with Crippen LogP contribution in [0.1, 0.15) is 40.4 Å². The lowest BCUT2D eigenvalue weighted by molar-refractivity contribution is -0.115. The molecule has 2 heterocycles. The number of aromatic nitrogens is 5. The quantitative estimate of drug-likeness (QED) is 0.478. The van der Waals surface area contributed by atoms with Crippen LogP contribution in [0.25, 0.3) is 11.5 Å². The van der Waals surface area contributed by atoms with Crippen LogP contribution in [-0.4, -0.2) is 62.7 Å². The van der Waals surface area contributed by atoms with Gasteiger partial charge in [-0.05, 0) is 46.8 Å². The first-order valence-electron chi connectivity index (χ1n) is 10.2. The summed E-state index contributed by atoms with van der Waals surface area (Å²) in [5, 5.41) is 20.7. The summed E-state index contributed by atoms with van der Waals surface area (Å²) in [5.74, 6) is -0.191. The molecule has 33 heavy (non-hydrogen) atoms. The van der Waals surface area contributed by atoms with Gasteiger partial charge in [0.25, 0.3) is 0 Å². The van der Waals surface area contributed by atoms with Crippen molar-refractivity contribution in [3.8, 4) is 11.5 Å². The number of nitrogens with one attached hydrogen (secondary N) is 2. The SMILES string of the molecule is CCOP(=O)(Cc1nnc(-c2ccc(NC(=O)CNC(=O)OC(C)(C)C)cn2)nn1)OCC. The Labute approximate surface area is 191 Å². The van der Waals surface area contributed by atoms with Gasteiger partial charge in [-0.2, -0.15) is 0 Å². The van der Waals surface area contributed by atoms with Crippen LogP contribution in [0.2, 0.25) is 0 Å².